The van der Waals surface area contributed by atoms with Crippen LogP contribution in [0.3, 0.4) is 0 Å². The van der Waals surface area contributed by atoms with Gasteiger partial charge in [-0.15, -0.1) is 0 Å². The number of amides is 1. The molecular weight excluding hydrogens is 290 g/mol. The number of fused-ring (bicyclic) bond motifs is 1. The van der Waals surface area contributed by atoms with E-state index in [4.69, 9.17) is 0 Å². The van der Waals surface area contributed by atoms with E-state index in [1.165, 1.54) is 10.6 Å². The van der Waals surface area contributed by atoms with Gasteiger partial charge in [0.25, 0.3) is 0 Å². The van der Waals surface area contributed by atoms with Crippen molar-refractivity contribution in [3.05, 3.63) is 23.8 Å². The van der Waals surface area contributed by atoms with E-state index >= 15 is 0 Å². The zero-order valence-corrected chi connectivity index (χ0v) is 13.1. The Kier molecular flexibility index (Phi) is 3.41. The number of hydrogen-bond acceptors (Lipinski definition) is 4. The third kappa shape index (κ3) is 2.63. The average Bonchev–Trinajstić information content (AvgIpc) is 2.73. The molecule has 114 valence electrons. The summed E-state index contributed by atoms with van der Waals surface area (Å²) in [5.74, 6) is 0.115. The monoisotopic (exact) mass is 309 g/mol. The minimum atomic E-state index is -3.10. The summed E-state index contributed by atoms with van der Waals surface area (Å²) < 4.78 is 24.5. The molecule has 21 heavy (non-hydrogen) atoms. The molecule has 2 heterocycles. The summed E-state index contributed by atoms with van der Waals surface area (Å²) in [5.41, 5.74) is 3.08. The fourth-order valence-electron chi connectivity index (χ4n) is 2.93. The molecule has 1 fully saturated rings. The lowest BCUT2D eigenvalue weighted by Crippen LogP contribution is -2.48. The van der Waals surface area contributed by atoms with Gasteiger partial charge in [-0.05, 0) is 23.8 Å². The number of anilines is 2. The van der Waals surface area contributed by atoms with E-state index in [-0.39, 0.29) is 5.91 Å². The summed E-state index contributed by atoms with van der Waals surface area (Å²) in [6, 6.07) is 6.02. The van der Waals surface area contributed by atoms with Gasteiger partial charge in [-0.25, -0.2) is 8.42 Å². The number of nitrogens with zero attached hydrogens (tertiary/aromatic N) is 3. The molecule has 0 N–H and O–H groups in total. The van der Waals surface area contributed by atoms with Crippen molar-refractivity contribution in [2.75, 3.05) is 49.3 Å². The van der Waals surface area contributed by atoms with Crippen molar-refractivity contribution in [1.82, 2.24) is 4.31 Å². The first-order chi connectivity index (χ1) is 9.86. The highest BCUT2D eigenvalue weighted by Crippen LogP contribution is 2.31. The smallest absolute Gasteiger partial charge is 0.231 e. The van der Waals surface area contributed by atoms with Crippen molar-refractivity contribution < 1.29 is 13.2 Å². The van der Waals surface area contributed by atoms with Crippen LogP contribution in [0.25, 0.3) is 0 Å². The van der Waals surface area contributed by atoms with Crippen LogP contribution < -0.4 is 9.80 Å². The van der Waals surface area contributed by atoms with Gasteiger partial charge in [0.2, 0.25) is 15.9 Å². The fraction of sp³-hybridized carbons (Fsp3) is 0.500. The predicted octanol–water partition coefficient (Wildman–Crippen LogP) is 0.287. The third-order valence-corrected chi connectivity index (χ3v) is 5.52. The Balaban J connectivity index is 1.76. The number of hydrogen-bond donors (Lipinski definition) is 0. The van der Waals surface area contributed by atoms with E-state index < -0.39 is 10.0 Å². The first-order valence-electron chi connectivity index (χ1n) is 6.96. The second-order valence-corrected chi connectivity index (χ2v) is 7.57. The molecule has 0 unspecified atom stereocenters. The summed E-state index contributed by atoms with van der Waals surface area (Å²) in [7, 11) is -1.31. The van der Waals surface area contributed by atoms with Gasteiger partial charge in [0, 0.05) is 44.6 Å². The zero-order valence-electron chi connectivity index (χ0n) is 12.2. The van der Waals surface area contributed by atoms with E-state index in [9.17, 15) is 13.2 Å². The lowest BCUT2D eigenvalue weighted by molar-refractivity contribution is -0.117. The lowest BCUT2D eigenvalue weighted by Gasteiger charge is -2.35. The molecule has 1 aromatic rings. The first kappa shape index (κ1) is 14.3. The van der Waals surface area contributed by atoms with E-state index in [1.807, 2.05) is 18.2 Å². The van der Waals surface area contributed by atoms with Gasteiger partial charge < -0.3 is 9.80 Å². The first-order valence-corrected chi connectivity index (χ1v) is 8.80. The van der Waals surface area contributed by atoms with Gasteiger partial charge in [0.1, 0.15) is 0 Å². The van der Waals surface area contributed by atoms with Crippen LogP contribution in [0, 0.1) is 0 Å². The van der Waals surface area contributed by atoms with Crippen LogP contribution in [0.2, 0.25) is 0 Å². The summed E-state index contributed by atoms with van der Waals surface area (Å²) >= 11 is 0. The highest BCUT2D eigenvalue weighted by Gasteiger charge is 2.27. The lowest BCUT2D eigenvalue weighted by atomic mass is 10.1. The van der Waals surface area contributed by atoms with Crippen LogP contribution in [0.1, 0.15) is 5.56 Å². The molecule has 2 aliphatic rings. The SMILES string of the molecule is CN1C(=O)Cc2cc(N3CCN(S(C)(=O)=O)CC3)ccc21. The Morgan fingerprint density at radius 1 is 1.10 bits per heavy atom. The van der Waals surface area contributed by atoms with Crippen molar-refractivity contribution in [1.29, 1.82) is 0 Å². The van der Waals surface area contributed by atoms with E-state index in [1.54, 1.807) is 11.9 Å². The number of likely N-dealkylation sites (N-methyl/N-ethyl adjacent to an activating group) is 1. The Bertz CT molecular complexity index is 679. The van der Waals surface area contributed by atoms with Crippen molar-refractivity contribution >= 4 is 27.3 Å². The molecule has 0 aromatic heterocycles. The van der Waals surface area contributed by atoms with Crippen molar-refractivity contribution in [2.24, 2.45) is 0 Å². The average molecular weight is 309 g/mol. The second-order valence-electron chi connectivity index (χ2n) is 5.59. The summed E-state index contributed by atoms with van der Waals surface area (Å²) in [5, 5.41) is 0. The van der Waals surface area contributed by atoms with Gasteiger partial charge in [0.15, 0.2) is 0 Å². The van der Waals surface area contributed by atoms with Crippen molar-refractivity contribution in [2.45, 2.75) is 6.42 Å². The fourth-order valence-corrected chi connectivity index (χ4v) is 3.76. The summed E-state index contributed by atoms with van der Waals surface area (Å²) in [6.45, 7) is 2.37. The molecule has 0 aliphatic carbocycles. The molecule has 0 atom stereocenters. The number of sulfonamides is 1. The maximum atomic E-state index is 11.7. The molecular formula is C14H19N3O3S. The van der Waals surface area contributed by atoms with Crippen LogP contribution in [-0.4, -0.2) is 58.1 Å². The Labute approximate surface area is 125 Å². The zero-order chi connectivity index (χ0) is 15.2. The number of carbonyl (C=O) groups excluding carboxylic acids is 1. The predicted molar refractivity (Wildman–Crippen MR) is 82.2 cm³/mol. The number of rotatable bonds is 2. The highest BCUT2D eigenvalue weighted by molar-refractivity contribution is 7.88. The van der Waals surface area contributed by atoms with Gasteiger partial charge in [-0.2, -0.15) is 4.31 Å². The van der Waals surface area contributed by atoms with Gasteiger partial charge in [-0.1, -0.05) is 0 Å². The number of piperazine rings is 1. The van der Waals surface area contributed by atoms with Crippen LogP contribution in [0.5, 0.6) is 0 Å². The molecule has 3 rings (SSSR count). The Hall–Kier alpha value is -1.60. The molecule has 0 saturated carbocycles. The highest BCUT2D eigenvalue weighted by atomic mass is 32.2. The van der Waals surface area contributed by atoms with Gasteiger partial charge >= 0.3 is 0 Å². The minimum Gasteiger partial charge on any atom is -0.369 e. The van der Waals surface area contributed by atoms with E-state index in [0.29, 0.717) is 32.6 Å². The van der Waals surface area contributed by atoms with E-state index in [2.05, 4.69) is 4.90 Å². The Morgan fingerprint density at radius 3 is 2.38 bits per heavy atom. The normalized spacial score (nSPS) is 20.0. The summed E-state index contributed by atoms with van der Waals surface area (Å²) in [4.78, 5) is 15.6. The quantitative estimate of drug-likeness (QED) is 0.788. The second kappa shape index (κ2) is 4.99. The number of benzene rings is 1. The molecule has 0 spiro atoms. The molecule has 0 bridgehead atoms. The summed E-state index contributed by atoms with van der Waals surface area (Å²) in [6.07, 6.45) is 1.70. The largest absolute Gasteiger partial charge is 0.369 e. The molecule has 1 amide bonds. The van der Waals surface area contributed by atoms with Crippen LogP contribution >= 0.6 is 0 Å². The molecule has 2 aliphatic heterocycles. The molecule has 6 nitrogen and oxygen atoms in total. The van der Waals surface area contributed by atoms with Crippen LogP contribution in [0.4, 0.5) is 11.4 Å². The number of carbonyl (C=O) groups is 1. The standard InChI is InChI=1S/C14H19N3O3S/c1-15-13-4-3-12(9-11(13)10-14(15)18)16-5-7-17(8-6-16)21(2,19)20/h3-4,9H,5-8,10H2,1-2H3. The topological polar surface area (TPSA) is 60.9 Å². The molecule has 1 saturated heterocycles. The molecule has 1 aromatic carbocycles. The van der Waals surface area contributed by atoms with Gasteiger partial charge in [0.05, 0.1) is 12.7 Å². The molecule has 0 radical (unpaired) electrons. The van der Waals surface area contributed by atoms with Gasteiger partial charge in [-0.3, -0.25) is 4.79 Å². The van der Waals surface area contributed by atoms with Crippen molar-refractivity contribution in [3.63, 3.8) is 0 Å². The molecule has 7 heteroatoms. The third-order valence-electron chi connectivity index (χ3n) is 4.21. The minimum absolute atomic E-state index is 0.115. The van der Waals surface area contributed by atoms with Crippen LogP contribution in [0.15, 0.2) is 18.2 Å². The van der Waals surface area contributed by atoms with Crippen LogP contribution in [-0.2, 0) is 21.2 Å². The van der Waals surface area contributed by atoms with E-state index in [0.717, 1.165) is 16.9 Å². The van der Waals surface area contributed by atoms with Crippen molar-refractivity contribution in [3.8, 4) is 0 Å². The maximum absolute atomic E-state index is 11.7. The maximum Gasteiger partial charge on any atom is 0.231 e. The Morgan fingerprint density at radius 2 is 1.76 bits per heavy atom.